The average molecular weight is 278 g/mol. The van der Waals surface area contributed by atoms with Crippen molar-refractivity contribution in [3.63, 3.8) is 0 Å². The molecule has 3 N–H and O–H groups in total. The van der Waals surface area contributed by atoms with Gasteiger partial charge in [0.05, 0.1) is 14.2 Å². The Hall–Kier alpha value is -1.75. The number of methoxy groups -OCH3 is 2. The molecule has 0 bridgehead atoms. The predicted molar refractivity (Wildman–Crippen MR) is 77.2 cm³/mol. The van der Waals surface area contributed by atoms with E-state index in [1.54, 1.807) is 32.4 Å². The minimum absolute atomic E-state index is 0.104. The van der Waals surface area contributed by atoms with Crippen LogP contribution in [0.25, 0.3) is 0 Å². The van der Waals surface area contributed by atoms with Crippen molar-refractivity contribution < 1.29 is 14.3 Å². The zero-order valence-corrected chi connectivity index (χ0v) is 12.0. The smallest absolute Gasteiger partial charge is 0.251 e. The standard InChI is InChI=1S/C15H22N2O3/c1-19-12-6-11(7-13(8-12)20-2)15(18)17-14-5-3-4-10(14)9-16/h6-8,10,14H,3-5,9,16H2,1-2H3,(H,17,18). The first-order valence-corrected chi connectivity index (χ1v) is 6.92. The lowest BCUT2D eigenvalue weighted by molar-refractivity contribution is 0.0928. The third kappa shape index (κ3) is 3.22. The van der Waals surface area contributed by atoms with E-state index in [-0.39, 0.29) is 11.9 Å². The molecule has 1 aliphatic rings. The Morgan fingerprint density at radius 1 is 1.25 bits per heavy atom. The number of hydrogen-bond donors (Lipinski definition) is 2. The highest BCUT2D eigenvalue weighted by molar-refractivity contribution is 5.95. The van der Waals surface area contributed by atoms with Crippen LogP contribution in [-0.4, -0.2) is 32.7 Å². The van der Waals surface area contributed by atoms with Crippen molar-refractivity contribution in [2.45, 2.75) is 25.3 Å². The number of carbonyl (C=O) groups is 1. The van der Waals surface area contributed by atoms with E-state index in [1.807, 2.05) is 0 Å². The Morgan fingerprint density at radius 3 is 2.45 bits per heavy atom. The highest BCUT2D eigenvalue weighted by Gasteiger charge is 2.27. The van der Waals surface area contributed by atoms with Crippen molar-refractivity contribution in [2.24, 2.45) is 11.7 Å². The molecular formula is C15H22N2O3. The minimum atomic E-state index is -0.104. The molecule has 1 aromatic carbocycles. The summed E-state index contributed by atoms with van der Waals surface area (Å²) < 4.78 is 10.4. The van der Waals surface area contributed by atoms with Crippen LogP contribution in [0.4, 0.5) is 0 Å². The van der Waals surface area contributed by atoms with Gasteiger partial charge in [0.15, 0.2) is 0 Å². The Balaban J connectivity index is 2.12. The van der Waals surface area contributed by atoms with Gasteiger partial charge in [-0.15, -0.1) is 0 Å². The molecule has 0 spiro atoms. The summed E-state index contributed by atoms with van der Waals surface area (Å²) in [5, 5.41) is 3.07. The van der Waals surface area contributed by atoms with E-state index in [2.05, 4.69) is 5.32 Å². The van der Waals surface area contributed by atoms with Crippen LogP contribution in [0.3, 0.4) is 0 Å². The summed E-state index contributed by atoms with van der Waals surface area (Å²) in [5.74, 6) is 1.49. The number of benzene rings is 1. The quantitative estimate of drug-likeness (QED) is 0.857. The van der Waals surface area contributed by atoms with Crippen molar-refractivity contribution in [2.75, 3.05) is 20.8 Å². The highest BCUT2D eigenvalue weighted by Crippen LogP contribution is 2.26. The van der Waals surface area contributed by atoms with Crippen LogP contribution in [0.1, 0.15) is 29.6 Å². The molecule has 1 amide bonds. The molecule has 1 fully saturated rings. The Kier molecular flexibility index (Phi) is 4.84. The van der Waals surface area contributed by atoms with Crippen LogP contribution < -0.4 is 20.5 Å². The lowest BCUT2D eigenvalue weighted by atomic mass is 10.0. The SMILES string of the molecule is COc1cc(OC)cc(C(=O)NC2CCCC2CN)c1. The van der Waals surface area contributed by atoms with Gasteiger partial charge in [0, 0.05) is 17.7 Å². The number of hydrogen-bond acceptors (Lipinski definition) is 4. The summed E-state index contributed by atoms with van der Waals surface area (Å²) in [5.41, 5.74) is 6.28. The summed E-state index contributed by atoms with van der Waals surface area (Å²) in [6.45, 7) is 0.617. The maximum absolute atomic E-state index is 12.3. The molecule has 0 heterocycles. The number of nitrogens with two attached hydrogens (primary N) is 1. The van der Waals surface area contributed by atoms with Crippen LogP contribution in [0.2, 0.25) is 0 Å². The number of amides is 1. The van der Waals surface area contributed by atoms with Crippen molar-refractivity contribution in [1.29, 1.82) is 0 Å². The van der Waals surface area contributed by atoms with Gasteiger partial charge in [0.2, 0.25) is 0 Å². The van der Waals surface area contributed by atoms with Gasteiger partial charge in [-0.25, -0.2) is 0 Å². The van der Waals surface area contributed by atoms with Gasteiger partial charge in [0.1, 0.15) is 11.5 Å². The summed E-state index contributed by atoms with van der Waals surface area (Å²) in [4.78, 5) is 12.3. The monoisotopic (exact) mass is 278 g/mol. The molecule has 1 aromatic rings. The summed E-state index contributed by atoms with van der Waals surface area (Å²) in [7, 11) is 3.13. The second-order valence-corrected chi connectivity index (χ2v) is 5.11. The Morgan fingerprint density at radius 2 is 1.90 bits per heavy atom. The van der Waals surface area contributed by atoms with E-state index in [4.69, 9.17) is 15.2 Å². The van der Waals surface area contributed by atoms with Crippen LogP contribution in [-0.2, 0) is 0 Å². The Labute approximate surface area is 119 Å². The second kappa shape index (κ2) is 6.61. The molecule has 0 radical (unpaired) electrons. The number of rotatable bonds is 5. The van der Waals surface area contributed by atoms with Gasteiger partial charge in [0.25, 0.3) is 5.91 Å². The molecule has 20 heavy (non-hydrogen) atoms. The van der Waals surface area contributed by atoms with Crippen LogP contribution in [0, 0.1) is 5.92 Å². The topological polar surface area (TPSA) is 73.6 Å². The van der Waals surface area contributed by atoms with E-state index < -0.39 is 0 Å². The fourth-order valence-electron chi connectivity index (χ4n) is 2.70. The van der Waals surface area contributed by atoms with Gasteiger partial charge in [-0.2, -0.15) is 0 Å². The van der Waals surface area contributed by atoms with Crippen LogP contribution >= 0.6 is 0 Å². The van der Waals surface area contributed by atoms with E-state index in [0.717, 1.165) is 19.3 Å². The first-order valence-electron chi connectivity index (χ1n) is 6.92. The first-order chi connectivity index (χ1) is 9.67. The zero-order chi connectivity index (χ0) is 14.5. The fraction of sp³-hybridized carbons (Fsp3) is 0.533. The maximum Gasteiger partial charge on any atom is 0.251 e. The molecular weight excluding hydrogens is 256 g/mol. The summed E-state index contributed by atoms with van der Waals surface area (Å²) in [6.07, 6.45) is 3.20. The molecule has 1 saturated carbocycles. The van der Waals surface area contributed by atoms with E-state index >= 15 is 0 Å². The molecule has 110 valence electrons. The van der Waals surface area contributed by atoms with Crippen LogP contribution in [0.5, 0.6) is 11.5 Å². The summed E-state index contributed by atoms with van der Waals surface area (Å²) >= 11 is 0. The second-order valence-electron chi connectivity index (χ2n) is 5.11. The van der Waals surface area contributed by atoms with Crippen molar-refractivity contribution >= 4 is 5.91 Å². The molecule has 0 saturated heterocycles. The molecule has 5 nitrogen and oxygen atoms in total. The fourth-order valence-corrected chi connectivity index (χ4v) is 2.70. The number of carbonyl (C=O) groups excluding carboxylic acids is 1. The summed E-state index contributed by atoms with van der Waals surface area (Å²) in [6, 6.07) is 5.34. The molecule has 1 aliphatic carbocycles. The van der Waals surface area contributed by atoms with Gasteiger partial charge in [-0.05, 0) is 37.4 Å². The number of ether oxygens (including phenoxy) is 2. The minimum Gasteiger partial charge on any atom is -0.497 e. The lowest BCUT2D eigenvalue weighted by Gasteiger charge is -2.19. The van der Waals surface area contributed by atoms with Crippen molar-refractivity contribution in [1.82, 2.24) is 5.32 Å². The Bertz CT molecular complexity index is 454. The zero-order valence-electron chi connectivity index (χ0n) is 12.0. The largest absolute Gasteiger partial charge is 0.497 e. The van der Waals surface area contributed by atoms with Gasteiger partial charge in [-0.3, -0.25) is 4.79 Å². The van der Waals surface area contributed by atoms with Crippen LogP contribution in [0.15, 0.2) is 18.2 Å². The van der Waals surface area contributed by atoms with Gasteiger partial charge in [-0.1, -0.05) is 6.42 Å². The lowest BCUT2D eigenvalue weighted by Crippen LogP contribution is -2.39. The van der Waals surface area contributed by atoms with E-state index in [0.29, 0.717) is 29.5 Å². The predicted octanol–water partition coefficient (Wildman–Crippen LogP) is 1.56. The van der Waals surface area contributed by atoms with Gasteiger partial charge >= 0.3 is 0 Å². The van der Waals surface area contributed by atoms with E-state index in [1.165, 1.54) is 0 Å². The average Bonchev–Trinajstić information content (AvgIpc) is 2.93. The maximum atomic E-state index is 12.3. The van der Waals surface area contributed by atoms with E-state index in [9.17, 15) is 4.79 Å². The molecule has 0 aromatic heterocycles. The third-order valence-electron chi connectivity index (χ3n) is 3.89. The normalized spacial score (nSPS) is 21.6. The van der Waals surface area contributed by atoms with Crippen molar-refractivity contribution in [3.8, 4) is 11.5 Å². The highest BCUT2D eigenvalue weighted by atomic mass is 16.5. The molecule has 2 rings (SSSR count). The molecule has 0 aliphatic heterocycles. The molecule has 2 unspecified atom stereocenters. The third-order valence-corrected chi connectivity index (χ3v) is 3.89. The van der Waals surface area contributed by atoms with Gasteiger partial charge < -0.3 is 20.5 Å². The number of nitrogens with one attached hydrogen (secondary N) is 1. The molecule has 5 heteroatoms. The van der Waals surface area contributed by atoms with Crippen molar-refractivity contribution in [3.05, 3.63) is 23.8 Å². The first kappa shape index (κ1) is 14.7. The molecule has 2 atom stereocenters.